The van der Waals surface area contributed by atoms with Gasteiger partial charge in [-0.25, -0.2) is 0 Å². The molecule has 0 fully saturated rings. The maximum Gasteiger partial charge on any atom is 0.00554 e. The topological polar surface area (TPSA) is 3.24 Å². The number of rotatable bonds is 1. The van der Waals surface area contributed by atoms with Gasteiger partial charge < -0.3 is 4.90 Å². The molecule has 0 heterocycles. The Bertz CT molecular complexity index is 39.4. The van der Waals surface area contributed by atoms with E-state index in [0.29, 0.717) is 0 Å². The lowest BCUT2D eigenvalue weighted by molar-refractivity contribution is 0.566. The number of hydrogen-bond acceptors (Lipinski definition) is 1. The summed E-state index contributed by atoms with van der Waals surface area (Å²) in [6.07, 6.45) is 1.75. The van der Waals surface area contributed by atoms with Crippen LogP contribution in [0.25, 0.3) is 0 Å². The summed E-state index contributed by atoms with van der Waals surface area (Å²) in [4.78, 5) is 1.89. The fourth-order valence-corrected chi connectivity index (χ4v) is 0. The Labute approximate surface area is 46.0 Å². The summed E-state index contributed by atoms with van der Waals surface area (Å²) in [5.74, 6) is 0. The van der Waals surface area contributed by atoms with Crippen molar-refractivity contribution in [3.05, 3.63) is 25.9 Å². The maximum atomic E-state index is 3.49. The third-order valence-corrected chi connectivity index (χ3v) is 0.365. The molecule has 0 unspecified atom stereocenters. The van der Waals surface area contributed by atoms with Crippen molar-refractivity contribution in [2.45, 2.75) is 0 Å². The van der Waals surface area contributed by atoms with Crippen LogP contribution in [0.2, 0.25) is 0 Å². The largest absolute Gasteiger partial charge is 0.384 e. The van der Waals surface area contributed by atoms with E-state index in [-0.39, 0.29) is 0 Å². The van der Waals surface area contributed by atoms with Crippen LogP contribution in [0.1, 0.15) is 0 Å². The third kappa shape index (κ3) is 34.7. The molecule has 0 saturated carbocycles. The predicted octanol–water partition coefficient (Wildman–Crippen LogP) is 1.49. The molecule has 0 rings (SSSR count). The number of nitrogens with zero attached hydrogens (tertiary/aromatic N) is 1. The normalized spacial score (nSPS) is 5.43. The lowest BCUT2D eigenvalue weighted by Gasteiger charge is -1.98. The lowest BCUT2D eigenvalue weighted by atomic mass is 10.9. The molecule has 0 aromatic carbocycles. The second kappa shape index (κ2) is 8.99. The molecule has 0 radical (unpaired) electrons. The van der Waals surface area contributed by atoms with Crippen LogP contribution in [-0.2, 0) is 0 Å². The molecule has 1 nitrogen and oxygen atoms in total. The van der Waals surface area contributed by atoms with Gasteiger partial charge >= 0.3 is 0 Å². The summed E-state index contributed by atoms with van der Waals surface area (Å²) >= 11 is 0. The highest BCUT2D eigenvalue weighted by atomic mass is 15.0. The minimum Gasteiger partial charge on any atom is -0.384 e. The van der Waals surface area contributed by atoms with Gasteiger partial charge in [-0.2, -0.15) is 0 Å². The molecule has 1 heteroatoms. The van der Waals surface area contributed by atoms with E-state index in [9.17, 15) is 0 Å². The van der Waals surface area contributed by atoms with E-state index in [0.717, 1.165) is 0 Å². The van der Waals surface area contributed by atoms with Gasteiger partial charge in [0, 0.05) is 14.1 Å². The minimum atomic E-state index is 1.75. The van der Waals surface area contributed by atoms with Crippen LogP contribution in [-0.4, -0.2) is 19.0 Å². The van der Waals surface area contributed by atoms with Gasteiger partial charge in [-0.15, -0.1) is 13.2 Å². The summed E-state index contributed by atoms with van der Waals surface area (Å²) < 4.78 is 0. The van der Waals surface area contributed by atoms with E-state index >= 15 is 0 Å². The van der Waals surface area contributed by atoms with Crippen LogP contribution in [0.15, 0.2) is 25.9 Å². The van der Waals surface area contributed by atoms with Crippen molar-refractivity contribution in [3.8, 4) is 0 Å². The van der Waals surface area contributed by atoms with Crippen molar-refractivity contribution in [2.75, 3.05) is 14.1 Å². The van der Waals surface area contributed by atoms with E-state index in [2.05, 4.69) is 19.7 Å². The van der Waals surface area contributed by atoms with E-state index in [1.807, 2.05) is 19.0 Å². The SMILES string of the molecule is C=C.C=CN(C)C. The Hall–Kier alpha value is -0.720. The molecular formula is C6H13N. The lowest BCUT2D eigenvalue weighted by Crippen LogP contribution is -1.97. The fourth-order valence-electron chi connectivity index (χ4n) is 0. The van der Waals surface area contributed by atoms with Crippen LogP contribution in [0.3, 0.4) is 0 Å². The van der Waals surface area contributed by atoms with Gasteiger partial charge in [0.15, 0.2) is 0 Å². The molecular weight excluding hydrogens is 86.1 g/mol. The second-order valence-electron chi connectivity index (χ2n) is 1.15. The zero-order valence-corrected chi connectivity index (χ0v) is 5.15. The first kappa shape index (κ1) is 9.56. The van der Waals surface area contributed by atoms with E-state index in [1.165, 1.54) is 0 Å². The molecule has 0 aliphatic carbocycles. The average molecular weight is 99.2 g/mol. The minimum absolute atomic E-state index is 1.75. The summed E-state index contributed by atoms with van der Waals surface area (Å²) in [7, 11) is 3.88. The highest BCUT2D eigenvalue weighted by Gasteiger charge is 1.61. The van der Waals surface area contributed by atoms with Gasteiger partial charge in [-0.1, -0.05) is 6.58 Å². The first-order chi connectivity index (χ1) is 3.27. The Morgan fingerprint density at radius 2 is 1.43 bits per heavy atom. The highest BCUT2D eigenvalue weighted by molar-refractivity contribution is 4.59. The monoisotopic (exact) mass is 99.1 g/mol. The average Bonchev–Trinajstić information content (AvgIpc) is 1.73. The van der Waals surface area contributed by atoms with Gasteiger partial charge in [0.1, 0.15) is 0 Å². The highest BCUT2D eigenvalue weighted by Crippen LogP contribution is 1.64. The molecule has 0 aromatic rings. The molecule has 0 saturated heterocycles. The smallest absolute Gasteiger partial charge is 0.00554 e. The first-order valence-corrected chi connectivity index (χ1v) is 2.06. The molecule has 42 valence electrons. The van der Waals surface area contributed by atoms with Crippen LogP contribution in [0.4, 0.5) is 0 Å². The Morgan fingerprint density at radius 1 is 1.29 bits per heavy atom. The molecule has 0 aromatic heterocycles. The van der Waals surface area contributed by atoms with E-state index in [4.69, 9.17) is 0 Å². The summed E-state index contributed by atoms with van der Waals surface area (Å²) in [5, 5.41) is 0. The van der Waals surface area contributed by atoms with Crippen molar-refractivity contribution >= 4 is 0 Å². The molecule has 0 bridgehead atoms. The van der Waals surface area contributed by atoms with Crippen LogP contribution in [0.5, 0.6) is 0 Å². The molecule has 0 aliphatic rings. The van der Waals surface area contributed by atoms with Crippen LogP contribution >= 0.6 is 0 Å². The van der Waals surface area contributed by atoms with E-state index < -0.39 is 0 Å². The van der Waals surface area contributed by atoms with Gasteiger partial charge in [-0.05, 0) is 6.20 Å². The third-order valence-electron chi connectivity index (χ3n) is 0.365. The van der Waals surface area contributed by atoms with Crippen LogP contribution < -0.4 is 0 Å². The number of hydrogen-bond donors (Lipinski definition) is 0. The van der Waals surface area contributed by atoms with Crippen molar-refractivity contribution in [3.63, 3.8) is 0 Å². The second-order valence-corrected chi connectivity index (χ2v) is 1.15. The Morgan fingerprint density at radius 3 is 1.43 bits per heavy atom. The van der Waals surface area contributed by atoms with Gasteiger partial charge in [0.25, 0.3) is 0 Å². The maximum absolute atomic E-state index is 3.49. The molecule has 0 amide bonds. The van der Waals surface area contributed by atoms with Crippen molar-refractivity contribution in [1.29, 1.82) is 0 Å². The molecule has 0 atom stereocenters. The van der Waals surface area contributed by atoms with Crippen molar-refractivity contribution in [1.82, 2.24) is 4.90 Å². The van der Waals surface area contributed by atoms with Gasteiger partial charge in [-0.3, -0.25) is 0 Å². The Kier molecular flexibility index (Phi) is 12.3. The van der Waals surface area contributed by atoms with Crippen molar-refractivity contribution in [2.24, 2.45) is 0 Å². The zero-order chi connectivity index (χ0) is 6.28. The summed E-state index contributed by atoms with van der Waals surface area (Å²) in [5.41, 5.74) is 0. The fraction of sp³-hybridized carbons (Fsp3) is 0.333. The predicted molar refractivity (Wildman–Crippen MR) is 35.1 cm³/mol. The first-order valence-electron chi connectivity index (χ1n) is 2.06. The van der Waals surface area contributed by atoms with E-state index in [1.54, 1.807) is 6.20 Å². The molecule has 0 spiro atoms. The van der Waals surface area contributed by atoms with Crippen LogP contribution in [0, 0.1) is 0 Å². The van der Waals surface area contributed by atoms with Gasteiger partial charge in [0.05, 0.1) is 0 Å². The molecule has 0 N–H and O–H groups in total. The molecule has 7 heavy (non-hydrogen) atoms. The Balaban J connectivity index is 0. The summed E-state index contributed by atoms with van der Waals surface area (Å²) in [6, 6.07) is 0. The van der Waals surface area contributed by atoms with Gasteiger partial charge in [0.2, 0.25) is 0 Å². The van der Waals surface area contributed by atoms with Crippen molar-refractivity contribution < 1.29 is 0 Å². The zero-order valence-electron chi connectivity index (χ0n) is 5.15. The quantitative estimate of drug-likeness (QED) is 0.450. The standard InChI is InChI=1S/C4H9N.C2H4/c1-4-5(2)3;1-2/h4H,1H2,2-3H3;1-2H2. The molecule has 0 aliphatic heterocycles. The summed E-state index contributed by atoms with van der Waals surface area (Å²) in [6.45, 7) is 9.49.